The Balaban J connectivity index is 1.79. The van der Waals surface area contributed by atoms with E-state index in [0.717, 1.165) is 5.56 Å². The van der Waals surface area contributed by atoms with Gasteiger partial charge in [-0.3, -0.25) is 4.79 Å². The standard InChI is InChI=1S/C19H16FN3O2/c1-12-8-9-22-18(21)17(12)19(24)23-14-5-3-7-16(11-14)25-15-6-2-4-13(20)10-15/h2-11H,1H3,(H2,21,22)(H,23,24). The summed E-state index contributed by atoms with van der Waals surface area (Å²) in [5.41, 5.74) is 7.39. The monoisotopic (exact) mass is 337 g/mol. The first kappa shape index (κ1) is 16.4. The average molecular weight is 337 g/mol. The minimum absolute atomic E-state index is 0.171. The fourth-order valence-corrected chi connectivity index (χ4v) is 2.37. The van der Waals surface area contributed by atoms with Crippen LogP contribution >= 0.6 is 0 Å². The Morgan fingerprint density at radius 1 is 1.12 bits per heavy atom. The van der Waals surface area contributed by atoms with Crippen LogP contribution in [0, 0.1) is 12.7 Å². The number of aryl methyl sites for hydroxylation is 1. The van der Waals surface area contributed by atoms with Gasteiger partial charge in [-0.25, -0.2) is 9.37 Å². The highest BCUT2D eigenvalue weighted by Gasteiger charge is 2.14. The first-order chi connectivity index (χ1) is 12.0. The summed E-state index contributed by atoms with van der Waals surface area (Å²) < 4.78 is 18.8. The number of ether oxygens (including phenoxy) is 1. The molecular formula is C19H16FN3O2. The van der Waals surface area contributed by atoms with Gasteiger partial charge >= 0.3 is 0 Å². The molecule has 1 aromatic heterocycles. The lowest BCUT2D eigenvalue weighted by molar-refractivity contribution is 0.102. The molecule has 0 fully saturated rings. The van der Waals surface area contributed by atoms with Crippen molar-refractivity contribution in [1.29, 1.82) is 0 Å². The summed E-state index contributed by atoms with van der Waals surface area (Å²) in [5.74, 6) is 0.273. The molecule has 0 spiro atoms. The molecule has 0 aliphatic heterocycles. The number of rotatable bonds is 4. The number of carbonyl (C=O) groups excluding carboxylic acids is 1. The Morgan fingerprint density at radius 3 is 2.56 bits per heavy atom. The lowest BCUT2D eigenvalue weighted by atomic mass is 10.1. The van der Waals surface area contributed by atoms with Gasteiger partial charge in [0, 0.05) is 24.0 Å². The highest BCUT2D eigenvalue weighted by molar-refractivity contribution is 6.08. The second kappa shape index (κ2) is 7.00. The minimum Gasteiger partial charge on any atom is -0.457 e. The smallest absolute Gasteiger partial charge is 0.259 e. The predicted molar refractivity (Wildman–Crippen MR) is 94.3 cm³/mol. The Morgan fingerprint density at radius 2 is 1.84 bits per heavy atom. The van der Waals surface area contributed by atoms with Crippen molar-refractivity contribution >= 4 is 17.4 Å². The molecule has 0 aliphatic rings. The summed E-state index contributed by atoms with van der Waals surface area (Å²) in [4.78, 5) is 16.4. The molecule has 1 amide bonds. The zero-order valence-corrected chi connectivity index (χ0v) is 13.5. The van der Waals surface area contributed by atoms with Crippen molar-refractivity contribution in [2.24, 2.45) is 0 Å². The summed E-state index contributed by atoms with van der Waals surface area (Å²) in [5, 5.41) is 2.76. The number of hydrogen-bond donors (Lipinski definition) is 2. The van der Waals surface area contributed by atoms with Gasteiger partial charge in [0.25, 0.3) is 5.91 Å². The highest BCUT2D eigenvalue weighted by Crippen LogP contribution is 2.25. The number of amides is 1. The maximum atomic E-state index is 13.2. The SMILES string of the molecule is Cc1ccnc(N)c1C(=O)Nc1cccc(Oc2cccc(F)c2)c1. The van der Waals surface area contributed by atoms with Gasteiger partial charge in [0.2, 0.25) is 0 Å². The van der Waals surface area contributed by atoms with Crippen molar-refractivity contribution in [3.05, 3.63) is 77.7 Å². The quantitative estimate of drug-likeness (QED) is 0.749. The molecule has 6 heteroatoms. The van der Waals surface area contributed by atoms with Crippen LogP contribution in [0.1, 0.15) is 15.9 Å². The number of nitrogens with one attached hydrogen (secondary N) is 1. The van der Waals surface area contributed by atoms with Crippen LogP contribution in [0.3, 0.4) is 0 Å². The van der Waals surface area contributed by atoms with Crippen LogP contribution in [-0.4, -0.2) is 10.9 Å². The Kier molecular flexibility index (Phi) is 4.61. The third-order valence-electron chi connectivity index (χ3n) is 3.54. The molecule has 3 rings (SSSR count). The molecule has 0 radical (unpaired) electrons. The number of pyridine rings is 1. The third kappa shape index (κ3) is 3.92. The number of nitrogens with two attached hydrogens (primary N) is 1. The molecule has 25 heavy (non-hydrogen) atoms. The highest BCUT2D eigenvalue weighted by atomic mass is 19.1. The van der Waals surface area contributed by atoms with E-state index in [1.807, 2.05) is 0 Å². The Bertz CT molecular complexity index is 908. The number of halogens is 1. The lowest BCUT2D eigenvalue weighted by Gasteiger charge is -2.11. The van der Waals surface area contributed by atoms with Crippen molar-refractivity contribution < 1.29 is 13.9 Å². The number of benzene rings is 2. The predicted octanol–water partition coefficient (Wildman–Crippen LogP) is 4.16. The van der Waals surface area contributed by atoms with E-state index in [9.17, 15) is 9.18 Å². The van der Waals surface area contributed by atoms with E-state index in [-0.39, 0.29) is 17.5 Å². The van der Waals surface area contributed by atoms with Gasteiger partial charge in [0.15, 0.2) is 0 Å². The lowest BCUT2D eigenvalue weighted by Crippen LogP contribution is -2.16. The van der Waals surface area contributed by atoms with E-state index >= 15 is 0 Å². The van der Waals surface area contributed by atoms with E-state index < -0.39 is 0 Å². The molecular weight excluding hydrogens is 321 g/mol. The van der Waals surface area contributed by atoms with Crippen LogP contribution in [0.25, 0.3) is 0 Å². The summed E-state index contributed by atoms with van der Waals surface area (Å²) in [6, 6.07) is 14.3. The Hall–Kier alpha value is -3.41. The summed E-state index contributed by atoms with van der Waals surface area (Å²) in [6.07, 6.45) is 1.55. The number of nitrogens with zero attached hydrogens (tertiary/aromatic N) is 1. The van der Waals surface area contributed by atoms with Gasteiger partial charge in [-0.2, -0.15) is 0 Å². The molecule has 126 valence electrons. The molecule has 0 unspecified atom stereocenters. The molecule has 0 bridgehead atoms. The maximum Gasteiger partial charge on any atom is 0.259 e. The van der Waals surface area contributed by atoms with Crippen molar-refractivity contribution in [2.75, 3.05) is 11.1 Å². The van der Waals surface area contributed by atoms with E-state index in [1.165, 1.54) is 12.1 Å². The molecule has 0 saturated carbocycles. The largest absolute Gasteiger partial charge is 0.457 e. The van der Waals surface area contributed by atoms with Crippen molar-refractivity contribution in [3.8, 4) is 11.5 Å². The van der Waals surface area contributed by atoms with Gasteiger partial charge < -0.3 is 15.8 Å². The number of anilines is 2. The van der Waals surface area contributed by atoms with Gasteiger partial charge in [0.05, 0.1) is 5.56 Å². The van der Waals surface area contributed by atoms with E-state index in [2.05, 4.69) is 10.3 Å². The normalized spacial score (nSPS) is 10.3. The fourth-order valence-electron chi connectivity index (χ4n) is 2.37. The fraction of sp³-hybridized carbons (Fsp3) is 0.0526. The summed E-state index contributed by atoms with van der Waals surface area (Å²) in [6.45, 7) is 1.79. The molecule has 5 nitrogen and oxygen atoms in total. The maximum absolute atomic E-state index is 13.2. The summed E-state index contributed by atoms with van der Waals surface area (Å²) >= 11 is 0. The van der Waals surface area contributed by atoms with Gasteiger partial charge in [-0.1, -0.05) is 12.1 Å². The van der Waals surface area contributed by atoms with E-state index in [0.29, 0.717) is 22.7 Å². The topological polar surface area (TPSA) is 77.2 Å². The average Bonchev–Trinajstić information content (AvgIpc) is 2.55. The van der Waals surface area contributed by atoms with Crippen LogP contribution < -0.4 is 15.8 Å². The van der Waals surface area contributed by atoms with Crippen LogP contribution in [-0.2, 0) is 0 Å². The number of hydrogen-bond acceptors (Lipinski definition) is 4. The first-order valence-electron chi connectivity index (χ1n) is 7.59. The van der Waals surface area contributed by atoms with Gasteiger partial charge in [0.1, 0.15) is 23.1 Å². The third-order valence-corrected chi connectivity index (χ3v) is 3.54. The van der Waals surface area contributed by atoms with Crippen LogP contribution in [0.15, 0.2) is 60.8 Å². The van der Waals surface area contributed by atoms with Crippen molar-refractivity contribution in [1.82, 2.24) is 4.98 Å². The van der Waals surface area contributed by atoms with Gasteiger partial charge in [-0.15, -0.1) is 0 Å². The summed E-state index contributed by atoms with van der Waals surface area (Å²) in [7, 11) is 0. The number of nitrogen functional groups attached to an aromatic ring is 1. The zero-order chi connectivity index (χ0) is 17.8. The first-order valence-corrected chi connectivity index (χ1v) is 7.59. The van der Waals surface area contributed by atoms with E-state index in [4.69, 9.17) is 10.5 Å². The van der Waals surface area contributed by atoms with E-state index in [1.54, 1.807) is 55.6 Å². The van der Waals surface area contributed by atoms with Crippen LogP contribution in [0.2, 0.25) is 0 Å². The van der Waals surface area contributed by atoms with Crippen molar-refractivity contribution in [2.45, 2.75) is 6.92 Å². The molecule has 2 aromatic carbocycles. The number of aromatic nitrogens is 1. The zero-order valence-electron chi connectivity index (χ0n) is 13.5. The minimum atomic E-state index is -0.385. The molecule has 3 aromatic rings. The Labute approximate surface area is 144 Å². The molecule has 0 aliphatic carbocycles. The van der Waals surface area contributed by atoms with Crippen molar-refractivity contribution in [3.63, 3.8) is 0 Å². The molecule has 0 saturated heterocycles. The second-order valence-corrected chi connectivity index (χ2v) is 5.43. The van der Waals surface area contributed by atoms with Gasteiger partial charge in [-0.05, 0) is 42.8 Å². The molecule has 3 N–H and O–H groups in total. The second-order valence-electron chi connectivity index (χ2n) is 5.43. The van der Waals surface area contributed by atoms with Crippen LogP contribution in [0.5, 0.6) is 11.5 Å². The van der Waals surface area contributed by atoms with Crippen LogP contribution in [0.4, 0.5) is 15.9 Å². The molecule has 1 heterocycles. The number of carbonyl (C=O) groups is 1. The molecule has 0 atom stereocenters.